The molecular weight excluding hydrogens is 1730 g/mol. The zero-order valence-electron chi connectivity index (χ0n) is 83.8. The van der Waals surface area contributed by atoms with Crippen LogP contribution in [-0.2, 0) is 25.7 Å². The van der Waals surface area contributed by atoms with Gasteiger partial charge >= 0.3 is 0 Å². The topological polar surface area (TPSA) is 27.8 Å². The number of anilines is 9. The second kappa shape index (κ2) is 41.9. The van der Waals surface area contributed by atoms with Gasteiger partial charge in [0, 0.05) is 94.3 Å². The molecule has 0 fully saturated rings. The lowest BCUT2D eigenvalue weighted by molar-refractivity contribution is 0.415. The van der Waals surface area contributed by atoms with Gasteiger partial charge in [0.1, 0.15) is 5.75 Å². The molecule has 0 aliphatic heterocycles. The Morgan fingerprint density at radius 3 is 0.839 bits per heavy atom. The van der Waals surface area contributed by atoms with Gasteiger partial charge in [0.2, 0.25) is 0 Å². The van der Waals surface area contributed by atoms with Crippen LogP contribution in [0.15, 0.2) is 425 Å². The summed E-state index contributed by atoms with van der Waals surface area (Å²) in [7, 11) is 1.72. The van der Waals surface area contributed by atoms with Crippen molar-refractivity contribution in [3.05, 3.63) is 480 Å². The number of nitrogens with zero attached hydrogens (tertiary/aromatic N) is 5. The molecule has 4 aromatic heterocycles. The standard InChI is InChI=1S/C67H63N3O.C38H35N.C32H31N/c1-4-49(51-26-32-60(33-27-51)69(64-42-44-67(71-3)45-43-64)63-40-38-62(39-41-63)68(58-14-7-5-8-15-58)59-16-9-6-10-17-59)13-11-12-48(2)50-18-20-52(21-19-50)53-28-34-61(35-29-53)70(65-36-30-54-22-24-56(54)46-65)66-37-31-55-23-25-57(55)47-66;1-3-27(15-11-12-26(2)28-13-5-4-6-14-28)29-20-22-30(23-21-29)31-24-34-32-16-7-9-18-36(32)39-37-19-10-8-17-33(37)35(25-31)38(34)39;1-3-23(15-11-12-22(2)24-13-5-4-6-14-24)25-20-28-26-16-7-9-18-30(26)33-31-19-10-8-17-27(31)29(21-25)32(28)33/h5-10,14-21,26-49H,4,11-13,22-25H2,1-3H3;4-10,13-14,16-27H,3,11-12,15H2,1-2H3;4-10,13-14,16-23H,3,11-12,15H2,1-2H3. The van der Waals surface area contributed by atoms with E-state index in [1.54, 1.807) is 7.11 Å². The predicted octanol–water partition coefficient (Wildman–Crippen LogP) is 38.7. The van der Waals surface area contributed by atoms with Crippen molar-refractivity contribution in [3.8, 4) is 28.0 Å². The van der Waals surface area contributed by atoms with Crippen LogP contribution >= 0.6 is 0 Å². The highest BCUT2D eigenvalue weighted by atomic mass is 16.5. The van der Waals surface area contributed by atoms with Gasteiger partial charge in [-0.2, -0.15) is 0 Å². The molecule has 708 valence electrons. The SMILES string of the molecule is CCC(CCCC(C)c1ccc(-c2ccc(N(c3ccc4c(c3)CC4)c3ccc4c(c3)CC4)cc2)cc1)c1ccc(N(c2ccc(OC)cc2)c2ccc(N(c3ccccc3)c3ccccc3)cc2)cc1.CCC(CCCC(C)c1ccccc1)c1cc2c3ccccc3n3c4ccccc4c(c1)c23.CCC(CCCC(C)c1ccccc1)c1ccc(-c2cc3c4ccccc4n4c5ccccc5c(c2)c34)cc1. The van der Waals surface area contributed by atoms with Crippen LogP contribution in [0.1, 0.15) is 210 Å². The summed E-state index contributed by atoms with van der Waals surface area (Å²) in [6, 6.07) is 157. The highest BCUT2D eigenvalue weighted by molar-refractivity contribution is 6.25. The van der Waals surface area contributed by atoms with E-state index in [9.17, 15) is 0 Å². The van der Waals surface area contributed by atoms with Crippen molar-refractivity contribution in [2.24, 2.45) is 0 Å². The maximum absolute atomic E-state index is 5.55. The van der Waals surface area contributed by atoms with Gasteiger partial charge in [-0.1, -0.05) is 316 Å². The molecule has 24 rings (SSSR count). The van der Waals surface area contributed by atoms with Gasteiger partial charge in [0.15, 0.2) is 0 Å². The number of methoxy groups -OCH3 is 1. The Kier molecular flexibility index (Phi) is 27.2. The average molecular weight is 1860 g/mol. The molecule has 18 aromatic carbocycles. The zero-order chi connectivity index (χ0) is 96.8. The Bertz CT molecular complexity index is 7810. The van der Waals surface area contributed by atoms with E-state index in [1.807, 2.05) is 12.1 Å². The summed E-state index contributed by atoms with van der Waals surface area (Å²) in [6.07, 6.45) is 19.3. The number of fused-ring (bicyclic) bond motifs is 14. The normalized spacial score (nSPS) is 13.5. The van der Waals surface area contributed by atoms with Crippen LogP contribution in [0.3, 0.4) is 0 Å². The van der Waals surface area contributed by atoms with E-state index in [2.05, 4.69) is 478 Å². The molecule has 6 atom stereocenters. The van der Waals surface area contributed by atoms with Gasteiger partial charge in [-0.15, -0.1) is 0 Å². The zero-order valence-corrected chi connectivity index (χ0v) is 83.8. The van der Waals surface area contributed by atoms with Crippen LogP contribution in [0.5, 0.6) is 5.75 Å². The predicted molar refractivity (Wildman–Crippen MR) is 610 cm³/mol. The Hall–Kier alpha value is -15.2. The highest BCUT2D eigenvalue weighted by Crippen LogP contribution is 2.49. The third-order valence-corrected chi connectivity index (χ3v) is 31.9. The summed E-state index contributed by atoms with van der Waals surface area (Å²) in [5.41, 5.74) is 38.1. The number of ether oxygens (including phenoxy) is 1. The lowest BCUT2D eigenvalue weighted by Crippen LogP contribution is -2.15. The van der Waals surface area contributed by atoms with E-state index in [0.29, 0.717) is 35.5 Å². The first-order chi connectivity index (χ1) is 70.5. The minimum absolute atomic E-state index is 0.489. The molecule has 6 heteroatoms. The second-order valence-electron chi connectivity index (χ2n) is 40.4. The molecule has 2 aliphatic carbocycles. The summed E-state index contributed by atoms with van der Waals surface area (Å²) in [4.78, 5) is 7.08. The molecule has 6 nitrogen and oxygen atoms in total. The molecule has 0 spiro atoms. The molecule has 0 N–H and O–H groups in total. The van der Waals surface area contributed by atoms with Crippen molar-refractivity contribution in [2.75, 3.05) is 21.8 Å². The number of aromatic nitrogens is 2. The molecule has 4 heterocycles. The molecule has 6 unspecified atom stereocenters. The maximum atomic E-state index is 5.55. The van der Waals surface area contributed by atoms with E-state index >= 15 is 0 Å². The third kappa shape index (κ3) is 18.9. The molecule has 143 heavy (non-hydrogen) atoms. The fraction of sp³-hybridized carbons (Fsp3) is 0.212. The highest BCUT2D eigenvalue weighted by Gasteiger charge is 2.28. The van der Waals surface area contributed by atoms with Crippen LogP contribution < -0.4 is 19.4 Å². The van der Waals surface area contributed by atoms with Crippen LogP contribution in [-0.4, -0.2) is 15.9 Å². The number of rotatable bonds is 33. The van der Waals surface area contributed by atoms with E-state index in [0.717, 1.165) is 52.7 Å². The van der Waals surface area contributed by atoms with Crippen molar-refractivity contribution in [2.45, 2.75) is 180 Å². The van der Waals surface area contributed by atoms with Gasteiger partial charge < -0.3 is 28.2 Å². The van der Waals surface area contributed by atoms with E-state index in [4.69, 9.17) is 4.74 Å². The van der Waals surface area contributed by atoms with Crippen molar-refractivity contribution < 1.29 is 4.74 Å². The quantitative estimate of drug-likeness (QED) is 0.0410. The van der Waals surface area contributed by atoms with Crippen molar-refractivity contribution in [3.63, 3.8) is 0 Å². The van der Waals surface area contributed by atoms with Crippen LogP contribution in [0.25, 0.3) is 98.4 Å². The van der Waals surface area contributed by atoms with E-state index in [-0.39, 0.29) is 0 Å². The Balaban J connectivity index is 0.000000136. The minimum Gasteiger partial charge on any atom is -0.497 e. The summed E-state index contributed by atoms with van der Waals surface area (Å²) < 4.78 is 10.5. The van der Waals surface area contributed by atoms with Gasteiger partial charge in [0.05, 0.1) is 40.2 Å². The van der Waals surface area contributed by atoms with E-state index in [1.165, 1.54) is 261 Å². The lowest BCUT2D eigenvalue weighted by atomic mass is 9.87. The Morgan fingerprint density at radius 1 is 0.224 bits per heavy atom. The molecular formula is C137H129N5O. The number of hydrogen-bond acceptors (Lipinski definition) is 4. The molecule has 0 bridgehead atoms. The molecule has 22 aromatic rings. The first-order valence-corrected chi connectivity index (χ1v) is 52.8. The smallest absolute Gasteiger partial charge is 0.119 e. The number of hydrogen-bond donors (Lipinski definition) is 0. The number of aryl methyl sites for hydroxylation is 4. The fourth-order valence-electron chi connectivity index (χ4n) is 23.5. The molecule has 2 aliphatic rings. The summed E-state index contributed by atoms with van der Waals surface area (Å²) in [5, 5.41) is 10.9. The molecule has 0 amide bonds. The summed E-state index contributed by atoms with van der Waals surface area (Å²) in [5.74, 6) is 4.29. The number of para-hydroxylation sites is 6. The van der Waals surface area contributed by atoms with Gasteiger partial charge in [-0.05, 0) is 367 Å². The molecule has 0 saturated carbocycles. The monoisotopic (exact) mass is 1860 g/mol. The fourth-order valence-corrected chi connectivity index (χ4v) is 23.5. The van der Waals surface area contributed by atoms with Crippen molar-refractivity contribution in [1.82, 2.24) is 8.80 Å². The largest absolute Gasteiger partial charge is 0.497 e. The average Bonchev–Trinajstić information content (AvgIpc) is 1.54. The lowest BCUT2D eigenvalue weighted by Gasteiger charge is -2.30. The number of benzene rings is 18. The third-order valence-electron chi connectivity index (χ3n) is 31.9. The summed E-state index contributed by atoms with van der Waals surface area (Å²) in [6.45, 7) is 14.1. The van der Waals surface area contributed by atoms with Crippen molar-refractivity contribution in [1.29, 1.82) is 0 Å². The second-order valence-corrected chi connectivity index (χ2v) is 40.4. The summed E-state index contributed by atoms with van der Waals surface area (Å²) >= 11 is 0. The first kappa shape index (κ1) is 92.8. The van der Waals surface area contributed by atoms with Gasteiger partial charge in [-0.25, -0.2) is 0 Å². The van der Waals surface area contributed by atoms with Crippen LogP contribution in [0.4, 0.5) is 51.2 Å². The Labute approximate surface area is 844 Å². The van der Waals surface area contributed by atoms with Gasteiger partial charge in [-0.3, -0.25) is 0 Å². The van der Waals surface area contributed by atoms with Crippen molar-refractivity contribution >= 4 is 127 Å². The molecule has 0 radical (unpaired) electrons. The molecule has 0 saturated heterocycles. The Morgan fingerprint density at radius 2 is 0.490 bits per heavy atom. The van der Waals surface area contributed by atoms with Crippen LogP contribution in [0.2, 0.25) is 0 Å². The van der Waals surface area contributed by atoms with E-state index < -0.39 is 0 Å². The minimum atomic E-state index is 0.489. The van der Waals surface area contributed by atoms with Gasteiger partial charge in [0.25, 0.3) is 0 Å². The first-order valence-electron chi connectivity index (χ1n) is 52.8. The maximum Gasteiger partial charge on any atom is 0.119 e. The van der Waals surface area contributed by atoms with Crippen LogP contribution in [0, 0.1) is 0 Å².